The predicted molar refractivity (Wildman–Crippen MR) is 71.2 cm³/mol. The highest BCUT2D eigenvalue weighted by Gasteiger charge is 2.15. The predicted octanol–water partition coefficient (Wildman–Crippen LogP) is 2.87. The number of aromatic hydroxyl groups is 2. The summed E-state index contributed by atoms with van der Waals surface area (Å²) in [6.07, 6.45) is 0. The number of hydrogen-bond acceptors (Lipinski definition) is 4. The van der Waals surface area contributed by atoms with E-state index in [1.165, 1.54) is 12.1 Å². The Morgan fingerprint density at radius 2 is 1.58 bits per heavy atom. The lowest BCUT2D eigenvalue weighted by Crippen LogP contribution is -2.03. The number of fused-ring (bicyclic) bond motifs is 1. The number of rotatable bonds is 1. The van der Waals surface area contributed by atoms with Gasteiger partial charge in [0, 0.05) is 0 Å². The molecule has 0 aliphatic heterocycles. The van der Waals surface area contributed by atoms with Crippen molar-refractivity contribution in [2.45, 2.75) is 0 Å². The van der Waals surface area contributed by atoms with Crippen molar-refractivity contribution in [3.05, 3.63) is 59.0 Å². The molecule has 0 saturated heterocycles. The maximum Gasteiger partial charge on any atom is 0.347 e. The molecule has 3 rings (SSSR count). The van der Waals surface area contributed by atoms with Gasteiger partial charge < -0.3 is 14.6 Å². The number of phenolic OH excluding ortho intramolecular Hbond substituents is 1. The molecular formula is C15H10O4. The molecule has 0 spiro atoms. The van der Waals surface area contributed by atoms with Crippen LogP contribution in [0.4, 0.5) is 0 Å². The first-order chi connectivity index (χ1) is 9.16. The normalized spacial score (nSPS) is 10.7. The van der Waals surface area contributed by atoms with Gasteiger partial charge in [0.15, 0.2) is 0 Å². The van der Waals surface area contributed by atoms with E-state index in [0.29, 0.717) is 16.5 Å². The standard InChI is InChI=1S/C15H10O4/c16-10-7-5-9(6-8-10)13-14(17)11-3-1-2-4-12(11)19-15(13)18/h1-8,16-17H. The smallest absolute Gasteiger partial charge is 0.347 e. The Labute approximate surface area is 108 Å². The van der Waals surface area contributed by atoms with Gasteiger partial charge in [-0.25, -0.2) is 4.79 Å². The van der Waals surface area contributed by atoms with Crippen molar-refractivity contribution < 1.29 is 14.6 Å². The summed E-state index contributed by atoms with van der Waals surface area (Å²) in [4.78, 5) is 12.0. The van der Waals surface area contributed by atoms with E-state index in [1.807, 2.05) is 0 Å². The Hall–Kier alpha value is -2.75. The van der Waals surface area contributed by atoms with Gasteiger partial charge >= 0.3 is 5.63 Å². The molecule has 3 aromatic rings. The molecule has 0 unspecified atom stereocenters. The molecule has 0 aliphatic rings. The lowest BCUT2D eigenvalue weighted by Gasteiger charge is -2.06. The van der Waals surface area contributed by atoms with Crippen LogP contribution in [-0.4, -0.2) is 10.2 Å². The number of benzene rings is 2. The van der Waals surface area contributed by atoms with Gasteiger partial charge in [-0.1, -0.05) is 24.3 Å². The van der Waals surface area contributed by atoms with Gasteiger partial charge in [-0.2, -0.15) is 0 Å². The van der Waals surface area contributed by atoms with Gasteiger partial charge in [-0.15, -0.1) is 0 Å². The van der Waals surface area contributed by atoms with Crippen LogP contribution in [0.15, 0.2) is 57.7 Å². The van der Waals surface area contributed by atoms with Crippen molar-refractivity contribution >= 4 is 11.0 Å². The van der Waals surface area contributed by atoms with Crippen LogP contribution in [0.2, 0.25) is 0 Å². The summed E-state index contributed by atoms with van der Waals surface area (Å²) in [5.74, 6) is -0.0223. The van der Waals surface area contributed by atoms with Crippen LogP contribution in [0.5, 0.6) is 11.5 Å². The summed E-state index contributed by atoms with van der Waals surface area (Å²) < 4.78 is 5.18. The minimum atomic E-state index is -0.609. The summed E-state index contributed by atoms with van der Waals surface area (Å²) in [7, 11) is 0. The second kappa shape index (κ2) is 4.17. The lowest BCUT2D eigenvalue weighted by molar-refractivity contribution is 0.470. The average molecular weight is 254 g/mol. The van der Waals surface area contributed by atoms with Crippen molar-refractivity contribution in [2.75, 3.05) is 0 Å². The Bertz CT molecular complexity index is 800. The lowest BCUT2D eigenvalue weighted by atomic mass is 10.0. The van der Waals surface area contributed by atoms with Gasteiger partial charge in [-0.05, 0) is 29.8 Å². The number of phenols is 1. The van der Waals surface area contributed by atoms with Crippen LogP contribution in [0.25, 0.3) is 22.1 Å². The first kappa shape index (κ1) is 11.3. The molecule has 1 heterocycles. The number of hydrogen-bond donors (Lipinski definition) is 2. The van der Waals surface area contributed by atoms with Crippen LogP contribution in [0.1, 0.15) is 0 Å². The highest BCUT2D eigenvalue weighted by atomic mass is 16.4. The van der Waals surface area contributed by atoms with Crippen LogP contribution in [-0.2, 0) is 0 Å². The molecule has 0 amide bonds. The van der Waals surface area contributed by atoms with E-state index in [4.69, 9.17) is 4.42 Å². The molecule has 19 heavy (non-hydrogen) atoms. The van der Waals surface area contributed by atoms with Crippen molar-refractivity contribution in [2.24, 2.45) is 0 Å². The van der Waals surface area contributed by atoms with E-state index in [-0.39, 0.29) is 17.1 Å². The zero-order valence-corrected chi connectivity index (χ0v) is 9.83. The molecule has 4 heteroatoms. The van der Waals surface area contributed by atoms with E-state index < -0.39 is 5.63 Å². The van der Waals surface area contributed by atoms with Crippen LogP contribution in [0, 0.1) is 0 Å². The third kappa shape index (κ3) is 1.83. The molecule has 0 saturated carbocycles. The highest BCUT2D eigenvalue weighted by Crippen LogP contribution is 2.33. The third-order valence-electron chi connectivity index (χ3n) is 2.94. The first-order valence-corrected chi connectivity index (χ1v) is 5.71. The second-order valence-corrected chi connectivity index (χ2v) is 4.16. The molecule has 94 valence electrons. The Morgan fingerprint density at radius 3 is 2.32 bits per heavy atom. The van der Waals surface area contributed by atoms with Gasteiger partial charge in [-0.3, -0.25) is 0 Å². The van der Waals surface area contributed by atoms with E-state index >= 15 is 0 Å². The Kier molecular flexibility index (Phi) is 2.49. The second-order valence-electron chi connectivity index (χ2n) is 4.16. The molecule has 1 aromatic heterocycles. The monoisotopic (exact) mass is 254 g/mol. The third-order valence-corrected chi connectivity index (χ3v) is 2.94. The minimum absolute atomic E-state index is 0.0911. The summed E-state index contributed by atoms with van der Waals surface area (Å²) in [6, 6.07) is 12.8. The first-order valence-electron chi connectivity index (χ1n) is 5.71. The summed E-state index contributed by atoms with van der Waals surface area (Å²) in [5.41, 5.74) is 0.322. The summed E-state index contributed by atoms with van der Waals surface area (Å²) >= 11 is 0. The van der Waals surface area contributed by atoms with Crippen molar-refractivity contribution in [3.8, 4) is 22.6 Å². The maximum atomic E-state index is 12.0. The fourth-order valence-corrected chi connectivity index (χ4v) is 2.02. The fraction of sp³-hybridized carbons (Fsp3) is 0. The van der Waals surface area contributed by atoms with Gasteiger partial charge in [0.05, 0.1) is 5.39 Å². The summed E-state index contributed by atoms with van der Waals surface area (Å²) in [5, 5.41) is 20.0. The molecule has 0 fully saturated rings. The van der Waals surface area contributed by atoms with Crippen molar-refractivity contribution in [1.82, 2.24) is 0 Å². The molecule has 2 aromatic carbocycles. The van der Waals surface area contributed by atoms with E-state index in [1.54, 1.807) is 36.4 Å². The van der Waals surface area contributed by atoms with Crippen molar-refractivity contribution in [3.63, 3.8) is 0 Å². The molecule has 2 N–H and O–H groups in total. The average Bonchev–Trinajstić information content (AvgIpc) is 2.41. The van der Waals surface area contributed by atoms with E-state index in [2.05, 4.69) is 0 Å². The van der Waals surface area contributed by atoms with Crippen LogP contribution >= 0.6 is 0 Å². The topological polar surface area (TPSA) is 70.7 Å². The molecule has 0 aliphatic carbocycles. The van der Waals surface area contributed by atoms with Crippen LogP contribution in [0.3, 0.4) is 0 Å². The molecular weight excluding hydrogens is 244 g/mol. The van der Waals surface area contributed by atoms with Gasteiger partial charge in [0.25, 0.3) is 0 Å². The van der Waals surface area contributed by atoms with Gasteiger partial charge in [0.1, 0.15) is 22.6 Å². The van der Waals surface area contributed by atoms with E-state index in [0.717, 1.165) is 0 Å². The molecule has 4 nitrogen and oxygen atoms in total. The van der Waals surface area contributed by atoms with Crippen molar-refractivity contribution in [1.29, 1.82) is 0 Å². The Morgan fingerprint density at radius 1 is 0.895 bits per heavy atom. The zero-order chi connectivity index (χ0) is 13.4. The molecule has 0 bridgehead atoms. The maximum absolute atomic E-state index is 12.0. The molecule has 0 radical (unpaired) electrons. The van der Waals surface area contributed by atoms with Gasteiger partial charge in [0.2, 0.25) is 0 Å². The number of para-hydroxylation sites is 1. The zero-order valence-electron chi connectivity index (χ0n) is 9.83. The van der Waals surface area contributed by atoms with Crippen LogP contribution < -0.4 is 5.63 Å². The SMILES string of the molecule is O=c1oc2ccccc2c(O)c1-c1ccc(O)cc1. The molecule has 0 atom stereocenters. The van der Waals surface area contributed by atoms with E-state index in [9.17, 15) is 15.0 Å². The Balaban J connectivity index is 2.35. The quantitative estimate of drug-likeness (QED) is 0.655. The fourth-order valence-electron chi connectivity index (χ4n) is 2.02. The summed E-state index contributed by atoms with van der Waals surface area (Å²) in [6.45, 7) is 0. The minimum Gasteiger partial charge on any atom is -0.508 e. The highest BCUT2D eigenvalue weighted by molar-refractivity contribution is 5.90. The largest absolute Gasteiger partial charge is 0.508 e.